The lowest BCUT2D eigenvalue weighted by Crippen LogP contribution is -2.25. The molecule has 0 aliphatic heterocycles. The van der Waals surface area contributed by atoms with Gasteiger partial charge in [-0.05, 0) is 31.8 Å². The second-order valence-electron chi connectivity index (χ2n) is 4.23. The molecule has 5 heteroatoms. The van der Waals surface area contributed by atoms with Crippen molar-refractivity contribution in [1.82, 2.24) is 9.88 Å². The van der Waals surface area contributed by atoms with E-state index in [9.17, 15) is 9.90 Å². The van der Waals surface area contributed by atoms with Gasteiger partial charge < -0.3 is 14.4 Å². The van der Waals surface area contributed by atoms with Gasteiger partial charge in [-0.25, -0.2) is 4.98 Å². The Morgan fingerprint density at radius 2 is 2.29 bits per heavy atom. The van der Waals surface area contributed by atoms with Gasteiger partial charge in [-0.3, -0.25) is 4.79 Å². The Balaban J connectivity index is 2.37. The molecule has 0 saturated heterocycles. The Morgan fingerprint density at radius 3 is 2.94 bits per heavy atom. The third-order valence-electron chi connectivity index (χ3n) is 2.60. The fourth-order valence-corrected chi connectivity index (χ4v) is 1.78. The van der Waals surface area contributed by atoms with Gasteiger partial charge in [0, 0.05) is 6.54 Å². The van der Waals surface area contributed by atoms with Crippen LogP contribution in [0.25, 0.3) is 11.1 Å². The van der Waals surface area contributed by atoms with E-state index in [0.717, 1.165) is 11.1 Å². The van der Waals surface area contributed by atoms with Crippen molar-refractivity contribution in [3.05, 3.63) is 30.2 Å². The molecule has 2 rings (SSSR count). The summed E-state index contributed by atoms with van der Waals surface area (Å²) in [6.07, 6.45) is 1.36. The molecule has 1 N–H and O–H groups in total. The van der Waals surface area contributed by atoms with Gasteiger partial charge in [-0.2, -0.15) is 0 Å². The predicted octanol–water partition coefficient (Wildman–Crippen LogP) is 1.56. The van der Waals surface area contributed by atoms with Gasteiger partial charge in [0.1, 0.15) is 5.52 Å². The molecule has 0 fully saturated rings. The molecule has 0 spiro atoms. The molecule has 1 aromatic carbocycles. The number of carboxylic acid groups (broad SMARTS) is 1. The van der Waals surface area contributed by atoms with Gasteiger partial charge in [0.15, 0.2) is 12.0 Å². The van der Waals surface area contributed by atoms with Gasteiger partial charge in [0.2, 0.25) is 0 Å². The Hall–Kier alpha value is -1.88. The van der Waals surface area contributed by atoms with Crippen molar-refractivity contribution in [2.45, 2.75) is 5.92 Å². The lowest BCUT2D eigenvalue weighted by Gasteiger charge is -2.17. The van der Waals surface area contributed by atoms with Gasteiger partial charge in [-0.1, -0.05) is 6.07 Å². The van der Waals surface area contributed by atoms with Crippen molar-refractivity contribution in [2.24, 2.45) is 0 Å². The minimum Gasteiger partial charge on any atom is -0.481 e. The molecule has 1 aromatic heterocycles. The molecule has 5 nitrogen and oxygen atoms in total. The summed E-state index contributed by atoms with van der Waals surface area (Å²) in [7, 11) is 3.70. The van der Waals surface area contributed by atoms with E-state index in [0.29, 0.717) is 12.1 Å². The quantitative estimate of drug-likeness (QED) is 0.869. The molecule has 1 unspecified atom stereocenters. The van der Waals surface area contributed by atoms with Crippen LogP contribution in [-0.2, 0) is 4.79 Å². The summed E-state index contributed by atoms with van der Waals surface area (Å²) in [4.78, 5) is 17.1. The molecule has 1 atom stereocenters. The largest absolute Gasteiger partial charge is 0.481 e. The summed E-state index contributed by atoms with van der Waals surface area (Å²) in [5.41, 5.74) is 2.09. The van der Waals surface area contributed by atoms with Gasteiger partial charge in [0.05, 0.1) is 5.92 Å². The van der Waals surface area contributed by atoms with Crippen molar-refractivity contribution >= 4 is 17.1 Å². The van der Waals surface area contributed by atoms with Crippen LogP contribution in [0.4, 0.5) is 0 Å². The average Bonchev–Trinajstić information content (AvgIpc) is 2.72. The van der Waals surface area contributed by atoms with Crippen molar-refractivity contribution in [1.29, 1.82) is 0 Å². The third-order valence-corrected chi connectivity index (χ3v) is 2.60. The highest BCUT2D eigenvalue weighted by molar-refractivity contribution is 5.80. The number of oxazole rings is 1. The number of aliphatic carboxylic acids is 1. The molecule has 0 bridgehead atoms. The number of rotatable bonds is 4. The molecule has 0 aliphatic carbocycles. The topological polar surface area (TPSA) is 66.6 Å². The first-order chi connectivity index (χ1) is 8.08. The van der Waals surface area contributed by atoms with Crippen LogP contribution in [0, 0.1) is 0 Å². The van der Waals surface area contributed by atoms with E-state index in [-0.39, 0.29) is 0 Å². The molecular formula is C12H14N2O3. The number of aromatic nitrogens is 1. The molecule has 0 radical (unpaired) electrons. The normalized spacial score (nSPS) is 13.1. The number of likely N-dealkylation sites (N-methyl/N-ethyl adjacent to an activating group) is 1. The maximum Gasteiger partial charge on any atom is 0.312 e. The molecule has 2 aromatic rings. The Bertz CT molecular complexity index is 533. The van der Waals surface area contributed by atoms with E-state index in [4.69, 9.17) is 4.42 Å². The summed E-state index contributed by atoms with van der Waals surface area (Å²) in [6.45, 7) is 0.453. The van der Waals surface area contributed by atoms with Crippen molar-refractivity contribution < 1.29 is 14.3 Å². The van der Waals surface area contributed by atoms with E-state index < -0.39 is 11.9 Å². The van der Waals surface area contributed by atoms with Gasteiger partial charge in [-0.15, -0.1) is 0 Å². The number of nitrogens with zero attached hydrogens (tertiary/aromatic N) is 2. The van der Waals surface area contributed by atoms with Crippen LogP contribution in [0.5, 0.6) is 0 Å². The van der Waals surface area contributed by atoms with E-state index in [2.05, 4.69) is 4.98 Å². The second-order valence-corrected chi connectivity index (χ2v) is 4.23. The fraction of sp³-hybridized carbons (Fsp3) is 0.333. The van der Waals surface area contributed by atoms with E-state index >= 15 is 0 Å². The van der Waals surface area contributed by atoms with Gasteiger partial charge in [0.25, 0.3) is 0 Å². The summed E-state index contributed by atoms with van der Waals surface area (Å²) in [5.74, 6) is -1.39. The minimum atomic E-state index is -0.836. The molecule has 0 saturated carbocycles. The average molecular weight is 234 g/mol. The molecule has 0 aliphatic rings. The maximum atomic E-state index is 11.2. The van der Waals surface area contributed by atoms with E-state index in [1.54, 1.807) is 18.2 Å². The second kappa shape index (κ2) is 4.55. The SMILES string of the molecule is CN(C)CC(C(=O)O)c1ccc2ncoc2c1. The third kappa shape index (κ3) is 2.45. The van der Waals surface area contributed by atoms with Crippen LogP contribution in [0.2, 0.25) is 0 Å². The monoisotopic (exact) mass is 234 g/mol. The zero-order valence-electron chi connectivity index (χ0n) is 9.75. The van der Waals surface area contributed by atoms with Crippen molar-refractivity contribution in [2.75, 3.05) is 20.6 Å². The van der Waals surface area contributed by atoms with Crippen molar-refractivity contribution in [3.8, 4) is 0 Å². The first-order valence-corrected chi connectivity index (χ1v) is 5.28. The number of carbonyl (C=O) groups is 1. The molecular weight excluding hydrogens is 220 g/mol. The van der Waals surface area contributed by atoms with Crippen LogP contribution >= 0.6 is 0 Å². The number of carboxylic acids is 1. The van der Waals surface area contributed by atoms with E-state index in [1.165, 1.54) is 6.39 Å². The molecule has 0 amide bonds. The number of hydrogen-bond donors (Lipinski definition) is 1. The highest BCUT2D eigenvalue weighted by Crippen LogP contribution is 2.22. The summed E-state index contributed by atoms with van der Waals surface area (Å²) >= 11 is 0. The Morgan fingerprint density at radius 1 is 1.53 bits per heavy atom. The first-order valence-electron chi connectivity index (χ1n) is 5.28. The Labute approximate surface area is 98.7 Å². The zero-order chi connectivity index (χ0) is 12.4. The highest BCUT2D eigenvalue weighted by atomic mass is 16.4. The van der Waals surface area contributed by atoms with Crippen molar-refractivity contribution in [3.63, 3.8) is 0 Å². The predicted molar refractivity (Wildman–Crippen MR) is 62.9 cm³/mol. The summed E-state index contributed by atoms with van der Waals surface area (Å²) in [5, 5.41) is 9.23. The van der Waals surface area contributed by atoms with Crippen LogP contribution in [0.1, 0.15) is 11.5 Å². The molecule has 90 valence electrons. The maximum absolute atomic E-state index is 11.2. The first kappa shape index (κ1) is 11.6. The number of benzene rings is 1. The lowest BCUT2D eigenvalue weighted by atomic mass is 9.98. The molecule has 17 heavy (non-hydrogen) atoms. The standard InChI is InChI=1S/C12H14N2O3/c1-14(2)6-9(12(15)16)8-3-4-10-11(5-8)17-7-13-10/h3-5,7,9H,6H2,1-2H3,(H,15,16). The number of fused-ring (bicyclic) bond motifs is 1. The lowest BCUT2D eigenvalue weighted by molar-refractivity contribution is -0.139. The summed E-state index contributed by atoms with van der Waals surface area (Å²) < 4.78 is 5.18. The van der Waals surface area contributed by atoms with E-state index in [1.807, 2.05) is 19.0 Å². The highest BCUT2D eigenvalue weighted by Gasteiger charge is 2.21. The van der Waals surface area contributed by atoms with Gasteiger partial charge >= 0.3 is 5.97 Å². The Kier molecular flexibility index (Phi) is 3.10. The zero-order valence-corrected chi connectivity index (χ0v) is 9.75. The number of hydrogen-bond acceptors (Lipinski definition) is 4. The van der Waals surface area contributed by atoms with Crippen LogP contribution in [0.3, 0.4) is 0 Å². The van der Waals surface area contributed by atoms with Crippen LogP contribution in [0.15, 0.2) is 29.0 Å². The summed E-state index contributed by atoms with van der Waals surface area (Å²) in [6, 6.07) is 5.30. The fourth-order valence-electron chi connectivity index (χ4n) is 1.78. The molecule has 1 heterocycles. The van der Waals surface area contributed by atoms with Crippen LogP contribution < -0.4 is 0 Å². The van der Waals surface area contributed by atoms with Crippen LogP contribution in [-0.4, -0.2) is 41.6 Å². The smallest absolute Gasteiger partial charge is 0.312 e. The minimum absolute atomic E-state index is 0.453.